The second kappa shape index (κ2) is 10.1. The number of aryl methyl sites for hydroxylation is 1. The molecule has 160 valence electrons. The fourth-order valence-electron chi connectivity index (χ4n) is 2.96. The maximum atomic E-state index is 13.2. The minimum absolute atomic E-state index is 0.105. The van der Waals surface area contributed by atoms with Gasteiger partial charge in [-0.1, -0.05) is 41.9 Å². The van der Waals surface area contributed by atoms with Crippen molar-refractivity contribution in [2.24, 2.45) is 5.10 Å². The molecule has 2 aromatic carbocycles. The van der Waals surface area contributed by atoms with Gasteiger partial charge in [0.1, 0.15) is 18.2 Å². The number of nitro groups is 1. The number of benzene rings is 2. The zero-order chi connectivity index (χ0) is 22.4. The van der Waals surface area contributed by atoms with Crippen molar-refractivity contribution in [1.29, 1.82) is 0 Å². The lowest BCUT2D eigenvalue weighted by molar-refractivity contribution is -0.384. The Bertz CT molecular complexity index is 1220. The van der Waals surface area contributed by atoms with Crippen LogP contribution in [-0.2, 0) is 6.42 Å². The largest absolute Gasteiger partial charge is 0.489 e. The SMILES string of the molecule is C=CCOc1ccc([N+](=O)[O-])cc1C=Nn1c(CCCC)nc2ccc(Br)cc2c1=O. The zero-order valence-corrected chi connectivity index (χ0v) is 18.5. The van der Waals surface area contributed by atoms with Crippen molar-refractivity contribution in [3.05, 3.63) is 85.4 Å². The first-order valence-corrected chi connectivity index (χ1v) is 10.5. The van der Waals surface area contributed by atoms with Crippen LogP contribution in [0, 0.1) is 10.1 Å². The normalized spacial score (nSPS) is 11.2. The van der Waals surface area contributed by atoms with Gasteiger partial charge in [-0.05, 0) is 30.7 Å². The van der Waals surface area contributed by atoms with Gasteiger partial charge in [-0.2, -0.15) is 9.78 Å². The Hall–Kier alpha value is -3.33. The Morgan fingerprint density at radius 1 is 1.32 bits per heavy atom. The molecule has 31 heavy (non-hydrogen) atoms. The van der Waals surface area contributed by atoms with E-state index in [0.717, 1.165) is 17.3 Å². The van der Waals surface area contributed by atoms with E-state index >= 15 is 0 Å². The van der Waals surface area contributed by atoms with Crippen LogP contribution in [0.4, 0.5) is 5.69 Å². The number of halogens is 1. The molecule has 0 aliphatic rings. The summed E-state index contributed by atoms with van der Waals surface area (Å²) in [7, 11) is 0. The minimum atomic E-state index is -0.497. The fraction of sp³-hybridized carbons (Fsp3) is 0.227. The van der Waals surface area contributed by atoms with Gasteiger partial charge in [-0.3, -0.25) is 14.9 Å². The van der Waals surface area contributed by atoms with Gasteiger partial charge < -0.3 is 4.74 Å². The van der Waals surface area contributed by atoms with Crippen molar-refractivity contribution in [1.82, 2.24) is 9.66 Å². The third kappa shape index (κ3) is 5.24. The van der Waals surface area contributed by atoms with Crippen LogP contribution in [-0.4, -0.2) is 27.4 Å². The second-order valence-electron chi connectivity index (χ2n) is 6.73. The molecular formula is C22H21BrN4O4. The molecule has 3 rings (SSSR count). The standard InChI is InChI=1S/C22H21BrN4O4/c1-3-5-6-21-25-19-9-7-16(23)13-18(19)22(28)26(21)24-14-15-12-17(27(29)30)8-10-20(15)31-11-4-2/h4,7-10,12-14H,2-3,5-6,11H2,1H3. The van der Waals surface area contributed by atoms with Gasteiger partial charge in [-0.25, -0.2) is 4.98 Å². The lowest BCUT2D eigenvalue weighted by Gasteiger charge is -2.10. The maximum Gasteiger partial charge on any atom is 0.282 e. The molecular weight excluding hydrogens is 464 g/mol. The number of hydrogen-bond acceptors (Lipinski definition) is 6. The molecule has 0 N–H and O–H groups in total. The first kappa shape index (κ1) is 22.4. The summed E-state index contributed by atoms with van der Waals surface area (Å²) in [4.78, 5) is 28.5. The number of nitro benzene ring substituents is 1. The van der Waals surface area contributed by atoms with E-state index in [4.69, 9.17) is 4.74 Å². The number of hydrogen-bond donors (Lipinski definition) is 0. The second-order valence-corrected chi connectivity index (χ2v) is 7.65. The third-order valence-electron chi connectivity index (χ3n) is 4.50. The molecule has 3 aromatic rings. The molecule has 0 bridgehead atoms. The predicted octanol–water partition coefficient (Wildman–Crippen LogP) is 4.86. The fourth-order valence-corrected chi connectivity index (χ4v) is 3.32. The number of aromatic nitrogens is 2. The monoisotopic (exact) mass is 484 g/mol. The predicted molar refractivity (Wildman–Crippen MR) is 124 cm³/mol. The lowest BCUT2D eigenvalue weighted by Crippen LogP contribution is -2.22. The summed E-state index contributed by atoms with van der Waals surface area (Å²) in [5.41, 5.74) is 0.550. The van der Waals surface area contributed by atoms with Crippen molar-refractivity contribution in [2.45, 2.75) is 26.2 Å². The van der Waals surface area contributed by atoms with E-state index in [1.807, 2.05) is 6.07 Å². The Morgan fingerprint density at radius 3 is 2.84 bits per heavy atom. The Balaban J connectivity index is 2.14. The van der Waals surface area contributed by atoms with Crippen LogP contribution in [0.25, 0.3) is 10.9 Å². The van der Waals surface area contributed by atoms with Crippen molar-refractivity contribution in [2.75, 3.05) is 6.61 Å². The number of non-ortho nitro benzene ring substituents is 1. The van der Waals surface area contributed by atoms with Gasteiger partial charge in [0.2, 0.25) is 0 Å². The molecule has 0 unspecified atom stereocenters. The molecule has 0 amide bonds. The summed E-state index contributed by atoms with van der Waals surface area (Å²) >= 11 is 3.38. The summed E-state index contributed by atoms with van der Waals surface area (Å²) in [6.07, 6.45) is 5.30. The summed E-state index contributed by atoms with van der Waals surface area (Å²) in [5, 5.41) is 16.0. The van der Waals surface area contributed by atoms with Crippen LogP contribution >= 0.6 is 15.9 Å². The molecule has 1 aromatic heterocycles. The Labute approximate surface area is 187 Å². The molecule has 0 aliphatic heterocycles. The Morgan fingerprint density at radius 2 is 2.13 bits per heavy atom. The molecule has 0 atom stereocenters. The highest BCUT2D eigenvalue weighted by molar-refractivity contribution is 9.10. The number of fused-ring (bicyclic) bond motifs is 1. The molecule has 0 radical (unpaired) electrons. The van der Waals surface area contributed by atoms with Crippen molar-refractivity contribution >= 4 is 38.7 Å². The molecule has 1 heterocycles. The number of rotatable bonds is 9. The minimum Gasteiger partial charge on any atom is -0.489 e. The van der Waals surface area contributed by atoms with Crippen molar-refractivity contribution in [3.8, 4) is 5.75 Å². The summed E-state index contributed by atoms with van der Waals surface area (Å²) in [5.74, 6) is 0.922. The molecule has 0 saturated heterocycles. The molecule has 0 aliphatic carbocycles. The lowest BCUT2D eigenvalue weighted by atomic mass is 10.2. The molecule has 9 heteroatoms. The molecule has 0 saturated carbocycles. The van der Waals surface area contributed by atoms with Gasteiger partial charge in [0, 0.05) is 28.6 Å². The highest BCUT2D eigenvalue weighted by Gasteiger charge is 2.13. The first-order chi connectivity index (χ1) is 14.9. The zero-order valence-electron chi connectivity index (χ0n) is 17.0. The molecule has 0 fully saturated rings. The summed E-state index contributed by atoms with van der Waals surface area (Å²) in [6, 6.07) is 9.52. The highest BCUT2D eigenvalue weighted by Crippen LogP contribution is 2.23. The smallest absolute Gasteiger partial charge is 0.282 e. The van der Waals surface area contributed by atoms with E-state index in [2.05, 4.69) is 39.5 Å². The average molecular weight is 485 g/mol. The van der Waals surface area contributed by atoms with E-state index < -0.39 is 4.92 Å². The van der Waals surface area contributed by atoms with Crippen LogP contribution in [0.1, 0.15) is 31.2 Å². The van der Waals surface area contributed by atoms with Crippen LogP contribution in [0.15, 0.2) is 63.4 Å². The summed E-state index contributed by atoms with van der Waals surface area (Å²) in [6.45, 7) is 5.89. The number of nitrogens with zero attached hydrogens (tertiary/aromatic N) is 4. The van der Waals surface area contributed by atoms with Gasteiger partial charge in [0.15, 0.2) is 0 Å². The van der Waals surface area contributed by atoms with Gasteiger partial charge in [0.05, 0.1) is 22.0 Å². The van der Waals surface area contributed by atoms with E-state index in [9.17, 15) is 14.9 Å². The maximum absolute atomic E-state index is 13.2. The van der Waals surface area contributed by atoms with Crippen molar-refractivity contribution < 1.29 is 9.66 Å². The van der Waals surface area contributed by atoms with Gasteiger partial charge in [0.25, 0.3) is 11.2 Å². The molecule has 8 nitrogen and oxygen atoms in total. The number of unbranched alkanes of at least 4 members (excludes halogenated alkanes) is 1. The van der Waals surface area contributed by atoms with E-state index in [1.165, 1.54) is 29.1 Å². The topological polar surface area (TPSA) is 99.6 Å². The Kier molecular flexibility index (Phi) is 7.30. The van der Waals surface area contributed by atoms with E-state index in [1.54, 1.807) is 18.2 Å². The van der Waals surface area contributed by atoms with E-state index in [0.29, 0.717) is 34.5 Å². The van der Waals surface area contributed by atoms with Crippen LogP contribution in [0.5, 0.6) is 5.75 Å². The van der Waals surface area contributed by atoms with Crippen LogP contribution in [0.2, 0.25) is 0 Å². The quantitative estimate of drug-likeness (QED) is 0.187. The highest BCUT2D eigenvalue weighted by atomic mass is 79.9. The molecule has 0 spiro atoms. The van der Waals surface area contributed by atoms with Crippen LogP contribution in [0.3, 0.4) is 0 Å². The van der Waals surface area contributed by atoms with Gasteiger partial charge in [-0.15, -0.1) is 0 Å². The third-order valence-corrected chi connectivity index (χ3v) is 5.00. The average Bonchev–Trinajstić information content (AvgIpc) is 2.76. The summed E-state index contributed by atoms with van der Waals surface area (Å²) < 4.78 is 7.59. The van der Waals surface area contributed by atoms with Crippen molar-refractivity contribution in [3.63, 3.8) is 0 Å². The van der Waals surface area contributed by atoms with Gasteiger partial charge >= 0.3 is 0 Å². The first-order valence-electron chi connectivity index (χ1n) is 9.72. The van der Waals surface area contributed by atoms with Crippen LogP contribution < -0.4 is 10.3 Å². The number of ether oxygens (including phenoxy) is 1. The van der Waals surface area contributed by atoms with E-state index in [-0.39, 0.29) is 17.9 Å².